The van der Waals surface area contributed by atoms with E-state index >= 15 is 0 Å². The molecule has 0 aromatic heterocycles. The standard InChI is InChI=1S/C21H44NO4P/c1-5-6-7-8-9-10-11-12-13-14-15-16-17-18-19-21(23,27(24,25)26)20-22(2,3)4/h13-14,23H,5-12,15-20H2,1-4H3,(H-,24,25,26)/p+1/b14-13-. The maximum absolute atomic E-state index is 11.7. The number of rotatable bonds is 17. The van der Waals surface area contributed by atoms with Crippen LogP contribution >= 0.6 is 7.60 Å². The van der Waals surface area contributed by atoms with E-state index < -0.39 is 12.9 Å². The molecule has 0 aliphatic carbocycles. The monoisotopic (exact) mass is 406 g/mol. The van der Waals surface area contributed by atoms with Crippen molar-refractivity contribution < 1.29 is 23.9 Å². The van der Waals surface area contributed by atoms with Gasteiger partial charge in [-0.05, 0) is 38.5 Å². The fraction of sp³-hybridized carbons (Fsp3) is 0.905. The van der Waals surface area contributed by atoms with Gasteiger partial charge in [-0.1, -0.05) is 64.0 Å². The Morgan fingerprint density at radius 2 is 1.26 bits per heavy atom. The molecule has 0 aromatic rings. The van der Waals surface area contributed by atoms with Crippen molar-refractivity contribution >= 4 is 7.60 Å². The third kappa shape index (κ3) is 14.5. The molecule has 6 heteroatoms. The van der Waals surface area contributed by atoms with Crippen LogP contribution in [-0.2, 0) is 4.57 Å². The van der Waals surface area contributed by atoms with Gasteiger partial charge in [-0.3, -0.25) is 4.57 Å². The minimum Gasteiger partial charge on any atom is -0.373 e. The van der Waals surface area contributed by atoms with Gasteiger partial charge in [0.05, 0.1) is 21.1 Å². The van der Waals surface area contributed by atoms with Crippen LogP contribution in [0.1, 0.15) is 90.4 Å². The van der Waals surface area contributed by atoms with E-state index in [1.807, 2.05) is 21.1 Å². The zero-order chi connectivity index (χ0) is 20.8. The van der Waals surface area contributed by atoms with Gasteiger partial charge in [-0.15, -0.1) is 0 Å². The predicted octanol–water partition coefficient (Wildman–Crippen LogP) is 5.21. The van der Waals surface area contributed by atoms with Crippen LogP contribution in [0.3, 0.4) is 0 Å². The van der Waals surface area contributed by atoms with Crippen molar-refractivity contribution in [1.29, 1.82) is 0 Å². The number of quaternary nitrogens is 1. The summed E-state index contributed by atoms with van der Waals surface area (Å²) in [4.78, 5) is 19.1. The van der Waals surface area contributed by atoms with Crippen molar-refractivity contribution in [3.8, 4) is 0 Å². The predicted molar refractivity (Wildman–Crippen MR) is 115 cm³/mol. The maximum atomic E-state index is 11.7. The Balaban J connectivity index is 3.83. The largest absolute Gasteiger partial charge is 0.373 e. The van der Waals surface area contributed by atoms with Crippen LogP contribution in [0.2, 0.25) is 0 Å². The maximum Gasteiger partial charge on any atom is 0.362 e. The third-order valence-electron chi connectivity index (χ3n) is 4.86. The van der Waals surface area contributed by atoms with E-state index in [9.17, 15) is 19.5 Å². The van der Waals surface area contributed by atoms with E-state index in [4.69, 9.17) is 0 Å². The first-order chi connectivity index (χ1) is 12.5. The second-order valence-corrected chi connectivity index (χ2v) is 10.9. The van der Waals surface area contributed by atoms with E-state index in [1.54, 1.807) is 0 Å². The van der Waals surface area contributed by atoms with Gasteiger partial charge >= 0.3 is 7.60 Å². The molecule has 0 amide bonds. The van der Waals surface area contributed by atoms with Gasteiger partial charge in [0.2, 0.25) is 5.34 Å². The molecule has 0 aromatic carbocycles. The molecule has 0 radical (unpaired) electrons. The van der Waals surface area contributed by atoms with Gasteiger partial charge in [0.1, 0.15) is 6.54 Å². The van der Waals surface area contributed by atoms with Crippen molar-refractivity contribution in [1.82, 2.24) is 0 Å². The van der Waals surface area contributed by atoms with Crippen LogP contribution < -0.4 is 0 Å². The smallest absolute Gasteiger partial charge is 0.362 e. The lowest BCUT2D eigenvalue weighted by atomic mass is 10.1. The zero-order valence-electron chi connectivity index (χ0n) is 18.2. The molecule has 3 N–H and O–H groups in total. The average molecular weight is 407 g/mol. The second-order valence-electron chi connectivity index (χ2n) is 8.96. The first-order valence-electron chi connectivity index (χ1n) is 10.8. The Hall–Kier alpha value is -0.190. The molecule has 27 heavy (non-hydrogen) atoms. The van der Waals surface area contributed by atoms with Gasteiger partial charge in [0.15, 0.2) is 0 Å². The summed E-state index contributed by atoms with van der Waals surface area (Å²) in [7, 11) is 0.945. The van der Waals surface area contributed by atoms with Crippen LogP contribution in [0.25, 0.3) is 0 Å². The molecular formula is C21H45NO4P+. The minimum atomic E-state index is -4.54. The van der Waals surface area contributed by atoms with E-state index in [-0.39, 0.29) is 13.0 Å². The Labute approximate surface area is 167 Å². The number of nitrogens with zero attached hydrogens (tertiary/aromatic N) is 1. The van der Waals surface area contributed by atoms with Crippen LogP contribution in [0.5, 0.6) is 0 Å². The van der Waals surface area contributed by atoms with Gasteiger partial charge in [-0.25, -0.2) is 0 Å². The third-order valence-corrected chi connectivity index (χ3v) is 6.31. The summed E-state index contributed by atoms with van der Waals surface area (Å²) >= 11 is 0. The summed E-state index contributed by atoms with van der Waals surface area (Å²) in [5, 5.41) is 8.56. The highest BCUT2D eigenvalue weighted by Gasteiger charge is 2.48. The summed E-state index contributed by atoms with van der Waals surface area (Å²) in [6.07, 6.45) is 18.6. The SMILES string of the molecule is CCCCCCCCC/C=C\CCCCCC(O)(C[N+](C)(C)C)P(=O)(O)O. The summed E-state index contributed by atoms with van der Waals surface area (Å²) in [6, 6.07) is 0. The van der Waals surface area contributed by atoms with Gasteiger partial charge < -0.3 is 19.4 Å². The number of likely N-dealkylation sites (N-methyl/N-ethyl adjacent to an activating group) is 1. The fourth-order valence-electron chi connectivity index (χ4n) is 3.38. The van der Waals surface area contributed by atoms with Gasteiger partial charge in [0, 0.05) is 0 Å². The van der Waals surface area contributed by atoms with E-state index in [0.717, 1.165) is 25.7 Å². The Kier molecular flexibility index (Phi) is 13.8. The molecule has 0 saturated heterocycles. The normalized spacial score (nSPS) is 15.4. The zero-order valence-corrected chi connectivity index (χ0v) is 19.1. The molecule has 0 spiro atoms. The van der Waals surface area contributed by atoms with E-state index in [1.165, 1.54) is 44.9 Å². The Bertz CT molecular complexity index is 442. The first kappa shape index (κ1) is 26.8. The van der Waals surface area contributed by atoms with Crippen LogP contribution in [-0.4, -0.2) is 52.4 Å². The number of aliphatic hydroxyl groups is 1. The van der Waals surface area contributed by atoms with Crippen molar-refractivity contribution in [2.24, 2.45) is 0 Å². The minimum absolute atomic E-state index is 0.0512. The molecule has 0 heterocycles. The molecule has 162 valence electrons. The molecule has 1 unspecified atom stereocenters. The molecule has 1 atom stereocenters. The Morgan fingerprint density at radius 3 is 1.70 bits per heavy atom. The highest BCUT2D eigenvalue weighted by Crippen LogP contribution is 2.52. The summed E-state index contributed by atoms with van der Waals surface area (Å²) in [5.74, 6) is 0. The summed E-state index contributed by atoms with van der Waals surface area (Å²) < 4.78 is 12.0. The lowest BCUT2D eigenvalue weighted by Crippen LogP contribution is -2.49. The molecule has 0 aliphatic heterocycles. The first-order valence-corrected chi connectivity index (χ1v) is 12.4. The molecule has 0 aliphatic rings. The highest BCUT2D eigenvalue weighted by atomic mass is 31.2. The second kappa shape index (κ2) is 13.9. The molecule has 0 fully saturated rings. The van der Waals surface area contributed by atoms with Gasteiger partial charge in [0.25, 0.3) is 0 Å². The molecular weight excluding hydrogens is 361 g/mol. The summed E-state index contributed by atoms with van der Waals surface area (Å²) in [6.45, 7) is 2.30. The topological polar surface area (TPSA) is 77.8 Å². The Morgan fingerprint density at radius 1 is 0.815 bits per heavy atom. The molecule has 0 saturated carbocycles. The lowest BCUT2D eigenvalue weighted by molar-refractivity contribution is -0.875. The summed E-state index contributed by atoms with van der Waals surface area (Å²) in [5.41, 5.74) is 0. The highest BCUT2D eigenvalue weighted by molar-refractivity contribution is 7.53. The van der Waals surface area contributed by atoms with E-state index in [0.29, 0.717) is 10.9 Å². The lowest BCUT2D eigenvalue weighted by Gasteiger charge is -2.35. The fourth-order valence-corrected chi connectivity index (χ4v) is 4.44. The molecule has 5 nitrogen and oxygen atoms in total. The van der Waals surface area contributed by atoms with Crippen molar-refractivity contribution in [3.63, 3.8) is 0 Å². The van der Waals surface area contributed by atoms with Crippen molar-refractivity contribution in [3.05, 3.63) is 12.2 Å². The van der Waals surface area contributed by atoms with Crippen LogP contribution in [0.15, 0.2) is 12.2 Å². The average Bonchev–Trinajstić information content (AvgIpc) is 2.52. The quantitative estimate of drug-likeness (QED) is 0.134. The van der Waals surface area contributed by atoms with Gasteiger partial charge in [-0.2, -0.15) is 0 Å². The number of allylic oxidation sites excluding steroid dienone is 2. The van der Waals surface area contributed by atoms with Crippen LogP contribution in [0, 0.1) is 0 Å². The number of hydrogen-bond acceptors (Lipinski definition) is 2. The number of unbranched alkanes of at least 4 members (excludes halogenated alkanes) is 10. The van der Waals surface area contributed by atoms with Crippen molar-refractivity contribution in [2.45, 2.75) is 95.7 Å². The van der Waals surface area contributed by atoms with E-state index in [2.05, 4.69) is 19.1 Å². The van der Waals surface area contributed by atoms with Crippen molar-refractivity contribution in [2.75, 3.05) is 27.7 Å². The van der Waals surface area contributed by atoms with Crippen LogP contribution in [0.4, 0.5) is 0 Å². The number of hydrogen-bond donors (Lipinski definition) is 3. The molecule has 0 rings (SSSR count). The molecule has 0 bridgehead atoms.